The van der Waals surface area contributed by atoms with Gasteiger partial charge in [0.2, 0.25) is 0 Å². The zero-order chi connectivity index (χ0) is 9.56. The van der Waals surface area contributed by atoms with E-state index in [2.05, 4.69) is 10.3 Å². The number of anilines is 1. The van der Waals surface area contributed by atoms with Crippen LogP contribution in [0.4, 0.5) is 5.82 Å². The number of hydrogen-bond donors (Lipinski definition) is 1. The normalized spacial score (nSPS) is 8.42. The second-order valence-corrected chi connectivity index (χ2v) is 2.42. The molecule has 1 rings (SSSR count). The Hall–Kier alpha value is -0.760. The maximum Gasteiger partial charge on any atom is 0.130 e. The number of pyridine rings is 1. The molecule has 0 spiro atoms. The first-order valence-corrected chi connectivity index (χ1v) is 4.42. The molecule has 0 amide bonds. The molecule has 0 unspecified atom stereocenters. The van der Waals surface area contributed by atoms with Crippen LogP contribution in [-0.4, -0.2) is 12.0 Å². The van der Waals surface area contributed by atoms with Crippen molar-refractivity contribution in [3.63, 3.8) is 0 Å². The Kier molecular flexibility index (Phi) is 5.47. The van der Waals surface area contributed by atoms with E-state index in [4.69, 9.17) is 11.6 Å². The molecule has 1 aromatic heterocycles. The van der Waals surface area contributed by atoms with Gasteiger partial charge in [-0.1, -0.05) is 25.4 Å². The van der Waals surface area contributed by atoms with E-state index >= 15 is 0 Å². The minimum Gasteiger partial charge on any atom is -0.373 e. The van der Waals surface area contributed by atoms with Crippen LogP contribution in [0.15, 0.2) is 12.3 Å². The zero-order valence-electron chi connectivity index (χ0n) is 7.98. The maximum absolute atomic E-state index is 5.81. The first kappa shape index (κ1) is 11.2. The van der Waals surface area contributed by atoms with Crippen LogP contribution in [-0.2, 0) is 0 Å². The van der Waals surface area contributed by atoms with Gasteiger partial charge >= 0.3 is 0 Å². The first-order chi connectivity index (χ1) is 5.75. The lowest BCUT2D eigenvalue weighted by Gasteiger charge is -2.03. The van der Waals surface area contributed by atoms with Crippen molar-refractivity contribution in [1.82, 2.24) is 4.98 Å². The summed E-state index contributed by atoms with van der Waals surface area (Å²) in [4.78, 5) is 4.06. The Labute approximate surface area is 79.0 Å². The molecule has 68 valence electrons. The topological polar surface area (TPSA) is 24.9 Å². The van der Waals surface area contributed by atoms with E-state index in [0.717, 1.165) is 16.4 Å². The van der Waals surface area contributed by atoms with Crippen molar-refractivity contribution in [2.24, 2.45) is 0 Å². The molecule has 0 aliphatic rings. The highest BCUT2D eigenvalue weighted by molar-refractivity contribution is 6.31. The van der Waals surface area contributed by atoms with Gasteiger partial charge in [0.1, 0.15) is 5.82 Å². The summed E-state index contributed by atoms with van der Waals surface area (Å²) in [6, 6.07) is 1.78. The molecule has 1 aromatic rings. The van der Waals surface area contributed by atoms with E-state index in [9.17, 15) is 0 Å². The molecule has 0 aromatic carbocycles. The molecule has 0 aliphatic carbocycles. The van der Waals surface area contributed by atoms with Crippen molar-refractivity contribution < 1.29 is 0 Å². The molecular weight excluding hydrogens is 172 g/mol. The molecule has 0 aliphatic heterocycles. The minimum absolute atomic E-state index is 0.749. The summed E-state index contributed by atoms with van der Waals surface area (Å²) in [5.74, 6) is 0.840. The Morgan fingerprint density at radius 3 is 2.42 bits per heavy atom. The number of nitrogens with zero attached hydrogens (tertiary/aromatic N) is 1. The van der Waals surface area contributed by atoms with Gasteiger partial charge in [0.05, 0.1) is 0 Å². The van der Waals surface area contributed by atoms with Crippen LogP contribution < -0.4 is 5.32 Å². The summed E-state index contributed by atoms with van der Waals surface area (Å²) >= 11 is 5.81. The maximum atomic E-state index is 5.81. The molecule has 1 heterocycles. The molecule has 0 fully saturated rings. The summed E-state index contributed by atoms with van der Waals surface area (Å²) in [6.45, 7) is 5.93. The van der Waals surface area contributed by atoms with Gasteiger partial charge in [-0.15, -0.1) is 0 Å². The van der Waals surface area contributed by atoms with Crippen LogP contribution in [0.25, 0.3) is 0 Å². The summed E-state index contributed by atoms with van der Waals surface area (Å²) in [7, 11) is 1.83. The molecule has 0 atom stereocenters. The van der Waals surface area contributed by atoms with E-state index in [0.29, 0.717) is 0 Å². The fourth-order valence-corrected chi connectivity index (χ4v) is 0.910. The predicted octanol–water partition coefficient (Wildman–Crippen LogP) is 3.11. The minimum atomic E-state index is 0.749. The predicted molar refractivity (Wildman–Crippen MR) is 54.9 cm³/mol. The van der Waals surface area contributed by atoms with Gasteiger partial charge in [-0.05, 0) is 13.0 Å². The molecule has 0 bridgehead atoms. The Bertz CT molecular complexity index is 236. The summed E-state index contributed by atoms with van der Waals surface area (Å²) in [5.41, 5.74) is 0.992. The van der Waals surface area contributed by atoms with Gasteiger partial charge < -0.3 is 5.32 Å². The SMILES string of the molecule is CC.CNc1nccc(Cl)c1C. The second kappa shape index (κ2) is 5.84. The van der Waals surface area contributed by atoms with Crippen LogP contribution in [0.2, 0.25) is 5.02 Å². The third-order valence-corrected chi connectivity index (χ3v) is 1.78. The third kappa shape index (κ3) is 2.70. The molecule has 3 heteroatoms. The molecule has 0 radical (unpaired) electrons. The number of hydrogen-bond acceptors (Lipinski definition) is 2. The molecule has 0 saturated carbocycles. The lowest BCUT2D eigenvalue weighted by atomic mass is 10.3. The van der Waals surface area contributed by atoms with Crippen LogP contribution in [0.3, 0.4) is 0 Å². The van der Waals surface area contributed by atoms with Gasteiger partial charge in [0.25, 0.3) is 0 Å². The summed E-state index contributed by atoms with van der Waals surface area (Å²) in [6.07, 6.45) is 1.68. The van der Waals surface area contributed by atoms with E-state index in [1.165, 1.54) is 0 Å². The van der Waals surface area contributed by atoms with Crippen molar-refractivity contribution in [2.75, 3.05) is 12.4 Å². The quantitative estimate of drug-likeness (QED) is 0.729. The monoisotopic (exact) mass is 186 g/mol. The molecule has 2 nitrogen and oxygen atoms in total. The van der Waals surface area contributed by atoms with Crippen molar-refractivity contribution in [3.05, 3.63) is 22.8 Å². The standard InChI is InChI=1S/C7H9ClN2.C2H6/c1-5-6(8)3-4-10-7(5)9-2;1-2/h3-4H,1-2H3,(H,9,10);1-2H3. The average molecular weight is 187 g/mol. The zero-order valence-corrected chi connectivity index (χ0v) is 8.74. The largest absolute Gasteiger partial charge is 0.373 e. The van der Waals surface area contributed by atoms with E-state index in [-0.39, 0.29) is 0 Å². The first-order valence-electron chi connectivity index (χ1n) is 4.04. The van der Waals surface area contributed by atoms with Gasteiger partial charge in [-0.25, -0.2) is 4.98 Å². The molecule has 0 saturated heterocycles. The number of nitrogens with one attached hydrogen (secondary N) is 1. The van der Waals surface area contributed by atoms with E-state index < -0.39 is 0 Å². The number of halogens is 1. The van der Waals surface area contributed by atoms with Crippen LogP contribution >= 0.6 is 11.6 Å². The fourth-order valence-electron chi connectivity index (χ4n) is 0.764. The second-order valence-electron chi connectivity index (χ2n) is 2.02. The molecule has 12 heavy (non-hydrogen) atoms. The van der Waals surface area contributed by atoms with E-state index in [1.54, 1.807) is 12.3 Å². The Morgan fingerprint density at radius 1 is 1.42 bits per heavy atom. The highest BCUT2D eigenvalue weighted by Crippen LogP contribution is 2.19. The van der Waals surface area contributed by atoms with Crippen molar-refractivity contribution in [1.29, 1.82) is 0 Å². The summed E-state index contributed by atoms with van der Waals surface area (Å²) < 4.78 is 0. The van der Waals surface area contributed by atoms with Crippen LogP contribution in [0, 0.1) is 6.92 Å². The number of aromatic nitrogens is 1. The average Bonchev–Trinajstić information content (AvgIpc) is 2.13. The van der Waals surface area contributed by atoms with Crippen molar-refractivity contribution >= 4 is 17.4 Å². The van der Waals surface area contributed by atoms with Gasteiger partial charge in [-0.2, -0.15) is 0 Å². The lowest BCUT2D eigenvalue weighted by molar-refractivity contribution is 1.24. The Balaban J connectivity index is 0.000000561. The van der Waals surface area contributed by atoms with Gasteiger partial charge in [0.15, 0.2) is 0 Å². The fraction of sp³-hybridized carbons (Fsp3) is 0.444. The van der Waals surface area contributed by atoms with Crippen LogP contribution in [0.5, 0.6) is 0 Å². The molecule has 1 N–H and O–H groups in total. The summed E-state index contributed by atoms with van der Waals surface area (Å²) in [5, 5.41) is 3.69. The highest BCUT2D eigenvalue weighted by Gasteiger charge is 1.98. The van der Waals surface area contributed by atoms with Crippen LogP contribution in [0.1, 0.15) is 19.4 Å². The van der Waals surface area contributed by atoms with Gasteiger partial charge in [-0.3, -0.25) is 0 Å². The van der Waals surface area contributed by atoms with E-state index in [1.807, 2.05) is 27.8 Å². The van der Waals surface area contributed by atoms with Crippen molar-refractivity contribution in [3.8, 4) is 0 Å². The third-order valence-electron chi connectivity index (χ3n) is 1.37. The Morgan fingerprint density at radius 2 is 2.00 bits per heavy atom. The highest BCUT2D eigenvalue weighted by atomic mass is 35.5. The smallest absolute Gasteiger partial charge is 0.130 e. The lowest BCUT2D eigenvalue weighted by Crippen LogP contribution is -1.94. The molecular formula is C9H15ClN2. The van der Waals surface area contributed by atoms with Gasteiger partial charge in [0, 0.05) is 23.8 Å². The number of rotatable bonds is 1. The van der Waals surface area contributed by atoms with Crippen molar-refractivity contribution in [2.45, 2.75) is 20.8 Å².